The van der Waals surface area contributed by atoms with Crippen molar-refractivity contribution in [1.82, 2.24) is 0 Å². The van der Waals surface area contributed by atoms with Crippen molar-refractivity contribution in [2.45, 2.75) is 12.2 Å². The molecule has 0 radical (unpaired) electrons. The molecule has 0 heterocycles. The summed E-state index contributed by atoms with van der Waals surface area (Å²) in [4.78, 5) is 11.8. The molecule has 0 spiro atoms. The van der Waals surface area contributed by atoms with Gasteiger partial charge in [0.05, 0.1) is 7.11 Å². The lowest BCUT2D eigenvalue weighted by atomic mass is 10.0. The summed E-state index contributed by atoms with van der Waals surface area (Å²) in [5.41, 5.74) is 0.596. The molecule has 0 unspecified atom stereocenters. The summed E-state index contributed by atoms with van der Waals surface area (Å²) in [6.45, 7) is 0. The van der Waals surface area contributed by atoms with Crippen molar-refractivity contribution in [1.29, 1.82) is 0 Å². The zero-order valence-corrected chi connectivity index (χ0v) is 11.1. The second-order valence-electron chi connectivity index (χ2n) is 4.23. The SMILES string of the molecule is COC(=O)[C@H](Oc1ccccc1)[C@@H](O)c1ccccc1. The van der Waals surface area contributed by atoms with Crippen molar-refractivity contribution in [3.63, 3.8) is 0 Å². The summed E-state index contributed by atoms with van der Waals surface area (Å²) in [6.07, 6.45) is -2.20. The summed E-state index contributed by atoms with van der Waals surface area (Å²) in [7, 11) is 1.27. The lowest BCUT2D eigenvalue weighted by Crippen LogP contribution is -2.35. The third kappa shape index (κ3) is 3.36. The summed E-state index contributed by atoms with van der Waals surface area (Å²) in [5.74, 6) is -0.122. The molecular formula is C16H16O4. The molecule has 1 N–H and O–H groups in total. The van der Waals surface area contributed by atoms with Crippen LogP contribution in [0.1, 0.15) is 11.7 Å². The average molecular weight is 272 g/mol. The first kappa shape index (κ1) is 14.1. The van der Waals surface area contributed by atoms with Gasteiger partial charge in [-0.15, -0.1) is 0 Å². The van der Waals surface area contributed by atoms with Crippen LogP contribution < -0.4 is 4.74 Å². The molecule has 20 heavy (non-hydrogen) atoms. The Hall–Kier alpha value is -2.33. The maximum absolute atomic E-state index is 11.8. The van der Waals surface area contributed by atoms with E-state index in [1.807, 2.05) is 12.1 Å². The lowest BCUT2D eigenvalue weighted by molar-refractivity contribution is -0.154. The fourth-order valence-corrected chi connectivity index (χ4v) is 1.83. The van der Waals surface area contributed by atoms with E-state index < -0.39 is 18.2 Å². The molecule has 0 aliphatic rings. The van der Waals surface area contributed by atoms with Crippen molar-refractivity contribution in [2.24, 2.45) is 0 Å². The monoisotopic (exact) mass is 272 g/mol. The van der Waals surface area contributed by atoms with Gasteiger partial charge in [0.25, 0.3) is 0 Å². The van der Waals surface area contributed by atoms with E-state index in [9.17, 15) is 9.90 Å². The van der Waals surface area contributed by atoms with E-state index in [4.69, 9.17) is 9.47 Å². The van der Waals surface area contributed by atoms with E-state index in [1.54, 1.807) is 48.5 Å². The Labute approximate surface area is 117 Å². The zero-order valence-electron chi connectivity index (χ0n) is 11.1. The van der Waals surface area contributed by atoms with Crippen molar-refractivity contribution in [2.75, 3.05) is 7.11 Å². The maximum Gasteiger partial charge on any atom is 0.350 e. The van der Waals surface area contributed by atoms with Gasteiger partial charge < -0.3 is 14.6 Å². The Kier molecular flexibility index (Phi) is 4.74. The third-order valence-corrected chi connectivity index (χ3v) is 2.87. The van der Waals surface area contributed by atoms with Gasteiger partial charge >= 0.3 is 5.97 Å². The highest BCUT2D eigenvalue weighted by Gasteiger charge is 2.31. The van der Waals surface area contributed by atoms with Gasteiger partial charge in [0, 0.05) is 0 Å². The molecule has 2 rings (SSSR count). The Morgan fingerprint density at radius 1 is 1.00 bits per heavy atom. The van der Waals surface area contributed by atoms with Gasteiger partial charge in [-0.2, -0.15) is 0 Å². The van der Waals surface area contributed by atoms with E-state index in [-0.39, 0.29) is 0 Å². The predicted octanol–water partition coefficient (Wildman–Crippen LogP) is 2.34. The highest BCUT2D eigenvalue weighted by atomic mass is 16.6. The summed E-state index contributed by atoms with van der Waals surface area (Å²) in [5, 5.41) is 10.3. The van der Waals surface area contributed by atoms with E-state index in [0.29, 0.717) is 11.3 Å². The molecule has 2 atom stereocenters. The topological polar surface area (TPSA) is 55.8 Å². The molecule has 0 aliphatic heterocycles. The summed E-state index contributed by atoms with van der Waals surface area (Å²) < 4.78 is 10.3. The van der Waals surface area contributed by atoms with Crippen LogP contribution in [-0.4, -0.2) is 24.3 Å². The molecule has 4 heteroatoms. The van der Waals surface area contributed by atoms with Crippen LogP contribution in [0.3, 0.4) is 0 Å². The van der Waals surface area contributed by atoms with Gasteiger partial charge in [0.1, 0.15) is 11.9 Å². The number of hydrogen-bond acceptors (Lipinski definition) is 4. The molecule has 0 saturated carbocycles. The van der Waals surface area contributed by atoms with Crippen LogP contribution >= 0.6 is 0 Å². The van der Waals surface area contributed by atoms with E-state index in [2.05, 4.69) is 0 Å². The zero-order chi connectivity index (χ0) is 14.4. The van der Waals surface area contributed by atoms with Crippen LogP contribution in [0.15, 0.2) is 60.7 Å². The van der Waals surface area contributed by atoms with Crippen LogP contribution in [0.5, 0.6) is 5.75 Å². The van der Waals surface area contributed by atoms with Gasteiger partial charge in [-0.1, -0.05) is 48.5 Å². The minimum atomic E-state index is -1.11. The number of hydrogen-bond donors (Lipinski definition) is 1. The number of carbonyl (C=O) groups excluding carboxylic acids is 1. The largest absolute Gasteiger partial charge is 0.476 e. The number of esters is 1. The van der Waals surface area contributed by atoms with Gasteiger partial charge in [0.2, 0.25) is 6.10 Å². The predicted molar refractivity (Wildman–Crippen MR) is 74.3 cm³/mol. The number of methoxy groups -OCH3 is 1. The standard InChI is InChI=1S/C16H16O4/c1-19-16(18)15(20-13-10-6-3-7-11-13)14(17)12-8-4-2-5-9-12/h2-11,14-15,17H,1H3/t14-,15+/m0/s1. The van der Waals surface area contributed by atoms with E-state index >= 15 is 0 Å². The van der Waals surface area contributed by atoms with Crippen LogP contribution in [0.4, 0.5) is 0 Å². The molecule has 2 aromatic rings. The first-order valence-electron chi connectivity index (χ1n) is 6.25. The number of aliphatic hydroxyl groups excluding tert-OH is 1. The van der Waals surface area contributed by atoms with E-state index in [1.165, 1.54) is 7.11 Å². The highest BCUT2D eigenvalue weighted by molar-refractivity contribution is 5.76. The lowest BCUT2D eigenvalue weighted by Gasteiger charge is -2.22. The molecule has 0 aromatic heterocycles. The number of rotatable bonds is 5. The quantitative estimate of drug-likeness (QED) is 0.849. The normalized spacial score (nSPS) is 13.3. The molecular weight excluding hydrogens is 256 g/mol. The molecule has 104 valence electrons. The van der Waals surface area contributed by atoms with Crippen molar-refractivity contribution in [3.05, 3.63) is 66.2 Å². The number of carbonyl (C=O) groups is 1. The molecule has 0 fully saturated rings. The Morgan fingerprint density at radius 2 is 1.55 bits per heavy atom. The summed E-state index contributed by atoms with van der Waals surface area (Å²) in [6, 6.07) is 17.7. The molecule has 0 amide bonds. The van der Waals surface area contributed by atoms with Gasteiger partial charge in [-0.3, -0.25) is 0 Å². The smallest absolute Gasteiger partial charge is 0.350 e. The number of aliphatic hydroxyl groups is 1. The molecule has 0 saturated heterocycles. The van der Waals surface area contributed by atoms with E-state index in [0.717, 1.165) is 0 Å². The van der Waals surface area contributed by atoms with Crippen LogP contribution in [0.25, 0.3) is 0 Å². The number of benzene rings is 2. The molecule has 0 aliphatic carbocycles. The second kappa shape index (κ2) is 6.73. The fraction of sp³-hybridized carbons (Fsp3) is 0.188. The minimum absolute atomic E-state index is 0.498. The molecule has 2 aromatic carbocycles. The Bertz CT molecular complexity index is 539. The Morgan fingerprint density at radius 3 is 2.10 bits per heavy atom. The fourth-order valence-electron chi connectivity index (χ4n) is 1.83. The third-order valence-electron chi connectivity index (χ3n) is 2.87. The average Bonchev–Trinajstić information content (AvgIpc) is 2.53. The minimum Gasteiger partial charge on any atom is -0.476 e. The second-order valence-corrected chi connectivity index (χ2v) is 4.23. The maximum atomic E-state index is 11.8. The number of para-hydroxylation sites is 1. The molecule has 0 bridgehead atoms. The van der Waals surface area contributed by atoms with Crippen LogP contribution in [0, 0.1) is 0 Å². The van der Waals surface area contributed by atoms with Crippen molar-refractivity contribution >= 4 is 5.97 Å². The first-order valence-corrected chi connectivity index (χ1v) is 6.25. The van der Waals surface area contributed by atoms with Crippen LogP contribution in [0.2, 0.25) is 0 Å². The van der Waals surface area contributed by atoms with Crippen LogP contribution in [-0.2, 0) is 9.53 Å². The van der Waals surface area contributed by atoms with Crippen molar-refractivity contribution in [3.8, 4) is 5.75 Å². The number of ether oxygens (including phenoxy) is 2. The van der Waals surface area contributed by atoms with Crippen molar-refractivity contribution < 1.29 is 19.4 Å². The van der Waals surface area contributed by atoms with Gasteiger partial charge in [0.15, 0.2) is 0 Å². The first-order chi connectivity index (χ1) is 9.72. The Balaban J connectivity index is 2.22. The van der Waals surface area contributed by atoms with Gasteiger partial charge in [-0.05, 0) is 17.7 Å². The highest BCUT2D eigenvalue weighted by Crippen LogP contribution is 2.22. The van der Waals surface area contributed by atoms with Gasteiger partial charge in [-0.25, -0.2) is 4.79 Å². The molecule has 4 nitrogen and oxygen atoms in total. The summed E-state index contributed by atoms with van der Waals surface area (Å²) >= 11 is 0.